The molecule has 0 spiro atoms. The normalized spacial score (nSPS) is 11.7. The molecule has 0 unspecified atom stereocenters. The first-order chi connectivity index (χ1) is 31.2. The second-order valence-corrected chi connectivity index (χ2v) is 15.7. The third kappa shape index (κ3) is 6.60. The van der Waals surface area contributed by atoms with E-state index in [0.29, 0.717) is 17.2 Å². The highest BCUT2D eigenvalue weighted by molar-refractivity contribution is 6.10. The lowest BCUT2D eigenvalue weighted by atomic mass is 10.0. The minimum Gasteiger partial charge on any atom is -0.456 e. The van der Waals surface area contributed by atoms with Crippen molar-refractivity contribution in [3.8, 4) is 73.6 Å². The quantitative estimate of drug-likeness (QED) is 0.153. The Kier molecular flexibility index (Phi) is 8.75. The fraction of sp³-hybridized carbons (Fsp3) is 0. The molecule has 0 saturated heterocycles. The number of hydrogen-bond donors (Lipinski definition) is 0. The monoisotopic (exact) mass is 810 g/mol. The maximum absolute atomic E-state index is 6.55. The number of nitrogens with zero attached hydrogens (tertiary/aromatic N) is 2. The molecule has 0 saturated carbocycles. The van der Waals surface area contributed by atoms with Crippen LogP contribution in [0.4, 0.5) is 17.1 Å². The van der Waals surface area contributed by atoms with E-state index in [1.54, 1.807) is 0 Å². The Morgan fingerprint density at radius 1 is 0.302 bits per heavy atom. The SMILES string of the molecule is c1ccc(-c2ccc(N(c3ccc(-c4ccccc4)cc3)c3ccc(-c4ccc(-c5ccc(-n6c7ccccc7c7cc8c(cc76)Oc6ccccc6O8)cc5)o4)cc3)cc2)cc1. The van der Waals surface area contributed by atoms with E-state index in [2.05, 4.69) is 216 Å². The third-order valence-corrected chi connectivity index (χ3v) is 11.9. The molecule has 0 N–H and O–H groups in total. The van der Waals surface area contributed by atoms with E-state index in [0.717, 1.165) is 73.0 Å². The molecule has 1 aliphatic rings. The molecule has 12 rings (SSSR count). The van der Waals surface area contributed by atoms with Crippen molar-refractivity contribution in [2.45, 2.75) is 0 Å². The number of hydrogen-bond acceptors (Lipinski definition) is 4. The Hall–Kier alpha value is -8.54. The summed E-state index contributed by atoms with van der Waals surface area (Å²) < 4.78 is 21.4. The van der Waals surface area contributed by atoms with E-state index in [1.807, 2.05) is 24.3 Å². The van der Waals surface area contributed by atoms with Gasteiger partial charge in [-0.2, -0.15) is 0 Å². The van der Waals surface area contributed by atoms with Gasteiger partial charge >= 0.3 is 0 Å². The average molecular weight is 811 g/mol. The summed E-state index contributed by atoms with van der Waals surface area (Å²) >= 11 is 0. The van der Waals surface area contributed by atoms with E-state index in [4.69, 9.17) is 13.9 Å². The van der Waals surface area contributed by atoms with Crippen LogP contribution in [-0.4, -0.2) is 4.57 Å². The van der Waals surface area contributed by atoms with Gasteiger partial charge in [-0.05, 0) is 131 Å². The number of ether oxygens (including phenoxy) is 2. The summed E-state index contributed by atoms with van der Waals surface area (Å²) in [4.78, 5) is 2.30. The van der Waals surface area contributed by atoms with Gasteiger partial charge in [-0.3, -0.25) is 0 Å². The molecular weight excluding hydrogens is 773 g/mol. The van der Waals surface area contributed by atoms with Crippen LogP contribution in [0.1, 0.15) is 0 Å². The summed E-state index contributed by atoms with van der Waals surface area (Å²) in [5.74, 6) is 4.45. The van der Waals surface area contributed by atoms with Crippen molar-refractivity contribution in [3.05, 3.63) is 231 Å². The average Bonchev–Trinajstić information content (AvgIpc) is 3.98. The first-order valence-corrected chi connectivity index (χ1v) is 21.1. The van der Waals surface area contributed by atoms with Crippen molar-refractivity contribution in [1.29, 1.82) is 0 Å². The summed E-state index contributed by atoms with van der Waals surface area (Å²) in [6, 6.07) is 80.2. The van der Waals surface area contributed by atoms with Gasteiger partial charge in [0.15, 0.2) is 23.0 Å². The number of benzene rings is 9. The first kappa shape index (κ1) is 36.3. The van der Waals surface area contributed by atoms with E-state index >= 15 is 0 Å². The lowest BCUT2D eigenvalue weighted by molar-refractivity contribution is 0.360. The first-order valence-electron chi connectivity index (χ1n) is 21.1. The van der Waals surface area contributed by atoms with Gasteiger partial charge in [-0.15, -0.1) is 0 Å². The van der Waals surface area contributed by atoms with Crippen molar-refractivity contribution in [1.82, 2.24) is 4.57 Å². The molecule has 0 amide bonds. The molecule has 0 radical (unpaired) electrons. The minimum absolute atomic E-state index is 0.695. The summed E-state index contributed by atoms with van der Waals surface area (Å²) in [5, 5.41) is 2.25. The van der Waals surface area contributed by atoms with E-state index in [-0.39, 0.29) is 0 Å². The number of furan rings is 1. The molecule has 0 bridgehead atoms. The topological polar surface area (TPSA) is 39.8 Å². The van der Waals surface area contributed by atoms with Crippen LogP contribution in [0.3, 0.4) is 0 Å². The van der Waals surface area contributed by atoms with Crippen molar-refractivity contribution in [2.75, 3.05) is 4.90 Å². The predicted molar refractivity (Wildman–Crippen MR) is 256 cm³/mol. The fourth-order valence-electron chi connectivity index (χ4n) is 8.78. The maximum Gasteiger partial charge on any atom is 0.172 e. The second-order valence-electron chi connectivity index (χ2n) is 15.7. The molecule has 3 heterocycles. The van der Waals surface area contributed by atoms with Gasteiger partial charge in [0.1, 0.15) is 11.5 Å². The Balaban J connectivity index is 0.838. The van der Waals surface area contributed by atoms with Crippen LogP contribution in [-0.2, 0) is 0 Å². The minimum atomic E-state index is 0.695. The van der Waals surface area contributed by atoms with Crippen molar-refractivity contribution in [3.63, 3.8) is 0 Å². The summed E-state index contributed by atoms with van der Waals surface area (Å²) in [5.41, 5.74) is 13.1. The number of aromatic nitrogens is 1. The van der Waals surface area contributed by atoms with Gasteiger partial charge in [-0.25, -0.2) is 0 Å². The zero-order chi connectivity index (χ0) is 41.7. The number of rotatable bonds is 8. The standard InChI is InChI=1S/C58H38N2O3/c1-3-11-39(12-4-1)41-19-27-45(28-20-41)59(46-29-21-42(22-30-46)40-13-5-2-6-14-40)47-31-23-43(24-32-47)53-35-36-54(61-53)44-25-33-48(34-26-44)60-51-16-8-7-15-49(51)50-37-57-58(38-52(50)60)63-56-18-10-9-17-55(56)62-57/h1-38H. The Morgan fingerprint density at radius 3 is 1.27 bits per heavy atom. The molecule has 5 nitrogen and oxygen atoms in total. The molecule has 9 aromatic carbocycles. The summed E-state index contributed by atoms with van der Waals surface area (Å²) in [7, 11) is 0. The molecule has 0 aliphatic carbocycles. The van der Waals surface area contributed by atoms with Crippen molar-refractivity contribution >= 4 is 38.9 Å². The van der Waals surface area contributed by atoms with Crippen LogP contribution in [0.15, 0.2) is 235 Å². The van der Waals surface area contributed by atoms with Crippen LogP contribution in [0, 0.1) is 0 Å². The lowest BCUT2D eigenvalue weighted by Gasteiger charge is -2.26. The smallest absolute Gasteiger partial charge is 0.172 e. The highest BCUT2D eigenvalue weighted by atomic mass is 16.6. The van der Waals surface area contributed by atoms with Gasteiger partial charge in [0.2, 0.25) is 0 Å². The molecule has 2 aromatic heterocycles. The Morgan fingerprint density at radius 2 is 0.730 bits per heavy atom. The van der Waals surface area contributed by atoms with Crippen molar-refractivity contribution in [2.24, 2.45) is 0 Å². The second kappa shape index (κ2) is 15.2. The Labute approximate surface area is 364 Å². The van der Waals surface area contributed by atoms with Crippen LogP contribution in [0.5, 0.6) is 23.0 Å². The van der Waals surface area contributed by atoms with E-state index < -0.39 is 0 Å². The lowest BCUT2D eigenvalue weighted by Crippen LogP contribution is -2.09. The van der Waals surface area contributed by atoms with Gasteiger partial charge < -0.3 is 23.4 Å². The van der Waals surface area contributed by atoms with Gasteiger partial charge in [0.05, 0.1) is 11.0 Å². The Bertz CT molecular complexity index is 3320. The zero-order valence-electron chi connectivity index (χ0n) is 34.1. The molecule has 11 aromatic rings. The highest BCUT2D eigenvalue weighted by Crippen LogP contribution is 2.48. The molecule has 5 heteroatoms. The van der Waals surface area contributed by atoms with Gasteiger partial charge in [0.25, 0.3) is 0 Å². The molecular formula is C58H38N2O3. The predicted octanol–water partition coefficient (Wildman–Crippen LogP) is 16.4. The molecule has 0 fully saturated rings. The molecule has 1 aliphatic heterocycles. The third-order valence-electron chi connectivity index (χ3n) is 11.9. The number of fused-ring (bicyclic) bond motifs is 5. The van der Waals surface area contributed by atoms with Gasteiger partial charge in [-0.1, -0.05) is 115 Å². The molecule has 298 valence electrons. The summed E-state index contributed by atoms with van der Waals surface area (Å²) in [6.07, 6.45) is 0. The maximum atomic E-state index is 6.55. The van der Waals surface area contributed by atoms with Crippen LogP contribution in [0.25, 0.3) is 72.4 Å². The van der Waals surface area contributed by atoms with Crippen LogP contribution >= 0.6 is 0 Å². The van der Waals surface area contributed by atoms with Crippen molar-refractivity contribution < 1.29 is 13.9 Å². The van der Waals surface area contributed by atoms with Gasteiger partial charge in [0, 0.05) is 50.7 Å². The zero-order valence-corrected chi connectivity index (χ0v) is 34.1. The number of anilines is 3. The highest BCUT2D eigenvalue weighted by Gasteiger charge is 2.23. The van der Waals surface area contributed by atoms with Crippen LogP contribution in [0.2, 0.25) is 0 Å². The molecule has 0 atom stereocenters. The van der Waals surface area contributed by atoms with Crippen LogP contribution < -0.4 is 14.4 Å². The number of para-hydroxylation sites is 3. The fourth-order valence-corrected chi connectivity index (χ4v) is 8.78. The van der Waals surface area contributed by atoms with E-state index in [1.165, 1.54) is 22.3 Å². The largest absolute Gasteiger partial charge is 0.456 e. The molecule has 63 heavy (non-hydrogen) atoms. The van der Waals surface area contributed by atoms with E-state index in [9.17, 15) is 0 Å². The summed E-state index contributed by atoms with van der Waals surface area (Å²) in [6.45, 7) is 0.